The Morgan fingerprint density at radius 2 is 1.62 bits per heavy atom. The van der Waals surface area contributed by atoms with Crippen LogP contribution in [-0.4, -0.2) is 24.4 Å². The molecule has 2 aliphatic carbocycles. The van der Waals surface area contributed by atoms with Gasteiger partial charge in [0.25, 0.3) is 0 Å². The molecular formula is C22H40N2O2. The molecule has 2 amide bonds. The summed E-state index contributed by atoms with van der Waals surface area (Å²) >= 11 is 0. The van der Waals surface area contributed by atoms with Gasteiger partial charge in [0.2, 0.25) is 11.8 Å². The molecule has 4 heteroatoms. The maximum Gasteiger partial charge on any atom is 0.220 e. The van der Waals surface area contributed by atoms with Gasteiger partial charge in [0, 0.05) is 25.4 Å². The Bertz CT molecular complexity index is 432. The number of hydrogen-bond donors (Lipinski definition) is 2. The average Bonchev–Trinajstić information content (AvgIpc) is 2.61. The molecule has 3 unspecified atom stereocenters. The van der Waals surface area contributed by atoms with E-state index in [9.17, 15) is 9.59 Å². The molecule has 2 saturated carbocycles. The third-order valence-electron chi connectivity index (χ3n) is 6.34. The van der Waals surface area contributed by atoms with Crippen LogP contribution in [0.3, 0.4) is 0 Å². The van der Waals surface area contributed by atoms with Crippen molar-refractivity contribution in [2.75, 3.05) is 6.54 Å². The topological polar surface area (TPSA) is 58.2 Å². The molecule has 0 heterocycles. The molecule has 0 aromatic carbocycles. The number of amides is 2. The second-order valence-electron chi connectivity index (χ2n) is 8.80. The lowest BCUT2D eigenvalue weighted by Gasteiger charge is -2.31. The van der Waals surface area contributed by atoms with Gasteiger partial charge in [-0.15, -0.1) is 0 Å². The van der Waals surface area contributed by atoms with Crippen molar-refractivity contribution in [3.05, 3.63) is 0 Å². The van der Waals surface area contributed by atoms with E-state index in [-0.39, 0.29) is 17.9 Å². The van der Waals surface area contributed by atoms with Crippen LogP contribution in [0.15, 0.2) is 0 Å². The van der Waals surface area contributed by atoms with Gasteiger partial charge >= 0.3 is 0 Å². The van der Waals surface area contributed by atoms with Crippen molar-refractivity contribution in [1.82, 2.24) is 10.6 Å². The van der Waals surface area contributed by atoms with Crippen LogP contribution in [0.2, 0.25) is 0 Å². The summed E-state index contributed by atoms with van der Waals surface area (Å²) in [6, 6.07) is 0.252. The first kappa shape index (κ1) is 21.2. The lowest BCUT2D eigenvalue weighted by atomic mass is 9.77. The minimum Gasteiger partial charge on any atom is -0.356 e. The highest BCUT2D eigenvalue weighted by molar-refractivity contribution is 5.76. The van der Waals surface area contributed by atoms with E-state index in [0.29, 0.717) is 24.7 Å². The Hall–Kier alpha value is -1.06. The standard InChI is InChI=1S/C22H40N2O2/c1-3-23-22(26)16-20-11-7-10-19(15-20)14-17(2)24-21(25)13-12-18-8-5-4-6-9-18/h17-20H,3-16H2,1-2H3,(H,23,26)(H,24,25). The Morgan fingerprint density at radius 1 is 0.923 bits per heavy atom. The molecule has 26 heavy (non-hydrogen) atoms. The fraction of sp³-hybridized carbons (Fsp3) is 0.909. The van der Waals surface area contributed by atoms with E-state index in [1.54, 1.807) is 0 Å². The summed E-state index contributed by atoms with van der Waals surface area (Å²) in [6.45, 7) is 4.84. The second-order valence-corrected chi connectivity index (χ2v) is 8.80. The van der Waals surface area contributed by atoms with Gasteiger partial charge in [-0.05, 0) is 57.3 Å². The first-order chi connectivity index (χ1) is 12.6. The van der Waals surface area contributed by atoms with Gasteiger partial charge in [-0.2, -0.15) is 0 Å². The average molecular weight is 365 g/mol. The SMILES string of the molecule is CCNC(=O)CC1CCCC(CC(C)NC(=O)CCC2CCCCC2)C1. The largest absolute Gasteiger partial charge is 0.356 e. The Kier molecular flexibility index (Phi) is 9.49. The molecule has 4 nitrogen and oxygen atoms in total. The molecule has 0 aromatic heterocycles. The molecule has 0 spiro atoms. The lowest BCUT2D eigenvalue weighted by molar-refractivity contribution is -0.122. The molecule has 2 rings (SSSR count). The molecule has 150 valence electrons. The molecule has 0 bridgehead atoms. The van der Waals surface area contributed by atoms with Gasteiger partial charge in [-0.3, -0.25) is 9.59 Å². The third-order valence-corrected chi connectivity index (χ3v) is 6.34. The van der Waals surface area contributed by atoms with Gasteiger partial charge in [0.05, 0.1) is 0 Å². The highest BCUT2D eigenvalue weighted by atomic mass is 16.2. The number of carbonyl (C=O) groups excluding carboxylic acids is 2. The Balaban J connectivity index is 1.63. The lowest BCUT2D eigenvalue weighted by Crippen LogP contribution is -2.35. The predicted molar refractivity (Wildman–Crippen MR) is 107 cm³/mol. The summed E-state index contributed by atoms with van der Waals surface area (Å²) in [4.78, 5) is 24.1. The van der Waals surface area contributed by atoms with Crippen molar-refractivity contribution < 1.29 is 9.59 Å². The molecular weight excluding hydrogens is 324 g/mol. The monoisotopic (exact) mass is 364 g/mol. The zero-order valence-electron chi connectivity index (χ0n) is 17.0. The second kappa shape index (κ2) is 11.6. The smallest absolute Gasteiger partial charge is 0.220 e. The van der Waals surface area contributed by atoms with E-state index in [1.807, 2.05) is 6.92 Å². The molecule has 0 aliphatic heterocycles. The van der Waals surface area contributed by atoms with Crippen molar-refractivity contribution in [2.24, 2.45) is 17.8 Å². The fourth-order valence-corrected chi connectivity index (χ4v) is 5.05. The maximum absolute atomic E-state index is 12.3. The summed E-state index contributed by atoms with van der Waals surface area (Å²) in [5.41, 5.74) is 0. The van der Waals surface area contributed by atoms with Gasteiger partial charge in [-0.25, -0.2) is 0 Å². The van der Waals surface area contributed by atoms with Crippen LogP contribution in [-0.2, 0) is 9.59 Å². The Morgan fingerprint density at radius 3 is 2.35 bits per heavy atom. The number of hydrogen-bond acceptors (Lipinski definition) is 2. The zero-order chi connectivity index (χ0) is 18.8. The van der Waals surface area contributed by atoms with Crippen molar-refractivity contribution in [3.8, 4) is 0 Å². The van der Waals surface area contributed by atoms with Crippen LogP contribution < -0.4 is 10.6 Å². The minimum absolute atomic E-state index is 0.196. The first-order valence-electron chi connectivity index (χ1n) is 11.1. The summed E-state index contributed by atoms with van der Waals surface area (Å²) < 4.78 is 0. The van der Waals surface area contributed by atoms with Crippen molar-refractivity contribution in [3.63, 3.8) is 0 Å². The fourth-order valence-electron chi connectivity index (χ4n) is 5.05. The van der Waals surface area contributed by atoms with Crippen LogP contribution >= 0.6 is 0 Å². The van der Waals surface area contributed by atoms with Crippen LogP contribution in [0.4, 0.5) is 0 Å². The van der Waals surface area contributed by atoms with E-state index in [1.165, 1.54) is 51.4 Å². The van der Waals surface area contributed by atoms with Gasteiger partial charge in [0.15, 0.2) is 0 Å². The van der Waals surface area contributed by atoms with E-state index in [2.05, 4.69) is 17.6 Å². The van der Waals surface area contributed by atoms with E-state index in [4.69, 9.17) is 0 Å². The maximum atomic E-state index is 12.3. The van der Waals surface area contributed by atoms with E-state index >= 15 is 0 Å². The molecule has 2 fully saturated rings. The summed E-state index contributed by atoms with van der Waals surface area (Å²) in [7, 11) is 0. The van der Waals surface area contributed by atoms with Crippen LogP contribution in [0.25, 0.3) is 0 Å². The number of nitrogens with one attached hydrogen (secondary N) is 2. The first-order valence-corrected chi connectivity index (χ1v) is 11.1. The van der Waals surface area contributed by atoms with Gasteiger partial charge in [0.1, 0.15) is 0 Å². The van der Waals surface area contributed by atoms with Crippen LogP contribution in [0.5, 0.6) is 0 Å². The third kappa shape index (κ3) is 8.09. The summed E-state index contributed by atoms with van der Waals surface area (Å²) in [5, 5.41) is 6.14. The molecule has 2 N–H and O–H groups in total. The molecule has 2 aliphatic rings. The van der Waals surface area contributed by atoms with Crippen LogP contribution in [0, 0.1) is 17.8 Å². The van der Waals surface area contributed by atoms with E-state index < -0.39 is 0 Å². The number of carbonyl (C=O) groups is 2. The van der Waals surface area contributed by atoms with Crippen molar-refractivity contribution in [2.45, 2.75) is 103 Å². The summed E-state index contributed by atoms with van der Waals surface area (Å²) in [6.07, 6.45) is 15.0. The highest BCUT2D eigenvalue weighted by Crippen LogP contribution is 2.33. The van der Waals surface area contributed by atoms with Gasteiger partial charge < -0.3 is 10.6 Å². The van der Waals surface area contributed by atoms with Crippen molar-refractivity contribution in [1.29, 1.82) is 0 Å². The predicted octanol–water partition coefficient (Wildman–Crippen LogP) is 4.57. The molecule has 0 saturated heterocycles. The van der Waals surface area contributed by atoms with Crippen molar-refractivity contribution >= 4 is 11.8 Å². The van der Waals surface area contributed by atoms with Gasteiger partial charge in [-0.1, -0.05) is 44.9 Å². The highest BCUT2D eigenvalue weighted by Gasteiger charge is 2.25. The summed E-state index contributed by atoms with van der Waals surface area (Å²) in [5.74, 6) is 2.38. The normalized spacial score (nSPS) is 25.5. The molecule has 3 atom stereocenters. The molecule has 0 aromatic rings. The van der Waals surface area contributed by atoms with E-state index in [0.717, 1.165) is 31.7 Å². The molecule has 0 radical (unpaired) electrons. The quantitative estimate of drug-likeness (QED) is 0.629. The number of rotatable bonds is 9. The van der Waals surface area contributed by atoms with Crippen LogP contribution in [0.1, 0.15) is 97.3 Å². The minimum atomic E-state index is 0.196. The zero-order valence-corrected chi connectivity index (χ0v) is 17.0. The Labute approximate surface area is 160 Å².